The van der Waals surface area contributed by atoms with Gasteiger partial charge in [0, 0.05) is 23.1 Å². The van der Waals surface area contributed by atoms with Crippen LogP contribution in [0.1, 0.15) is 11.3 Å². The van der Waals surface area contributed by atoms with Gasteiger partial charge in [0.05, 0.1) is 36.1 Å². The van der Waals surface area contributed by atoms with E-state index < -0.39 is 27.9 Å². The fourth-order valence-electron chi connectivity index (χ4n) is 3.85. The summed E-state index contributed by atoms with van der Waals surface area (Å²) in [4.78, 5) is 24.9. The van der Waals surface area contributed by atoms with Crippen LogP contribution in [0.25, 0.3) is 17.0 Å². The van der Waals surface area contributed by atoms with E-state index in [0.29, 0.717) is 22.2 Å². The van der Waals surface area contributed by atoms with Crippen LogP contribution in [0.2, 0.25) is 0 Å². The number of methoxy groups -OCH3 is 2. The van der Waals surface area contributed by atoms with Crippen molar-refractivity contribution >= 4 is 38.9 Å². The maximum atomic E-state index is 13.5. The molecule has 8 heteroatoms. The van der Waals surface area contributed by atoms with Gasteiger partial charge >= 0.3 is 11.9 Å². The zero-order valence-corrected chi connectivity index (χ0v) is 17.2. The lowest BCUT2D eigenvalue weighted by molar-refractivity contribution is -0.147. The molecule has 0 bridgehead atoms. The second-order valence-electron chi connectivity index (χ2n) is 6.83. The van der Waals surface area contributed by atoms with E-state index in [9.17, 15) is 18.0 Å². The van der Waals surface area contributed by atoms with Crippen LogP contribution in [-0.2, 0) is 35.5 Å². The van der Waals surface area contributed by atoms with Crippen LogP contribution in [-0.4, -0.2) is 38.5 Å². The zero-order valence-electron chi connectivity index (χ0n) is 16.4. The smallest absolute Gasteiger partial charge is 0.334 e. The average molecular weight is 425 g/mol. The predicted molar refractivity (Wildman–Crippen MR) is 110 cm³/mol. The van der Waals surface area contributed by atoms with Crippen LogP contribution in [0.15, 0.2) is 65.1 Å². The van der Waals surface area contributed by atoms with Crippen molar-refractivity contribution in [1.82, 2.24) is 3.97 Å². The summed E-state index contributed by atoms with van der Waals surface area (Å²) in [5.41, 5.74) is 1.60. The lowest BCUT2D eigenvalue weighted by Crippen LogP contribution is -2.30. The monoisotopic (exact) mass is 425 g/mol. The van der Waals surface area contributed by atoms with E-state index >= 15 is 0 Å². The van der Waals surface area contributed by atoms with Crippen molar-refractivity contribution in [3.05, 3.63) is 71.4 Å². The number of carbonyl (C=O) groups is 2. The van der Waals surface area contributed by atoms with E-state index in [0.717, 1.165) is 0 Å². The predicted octanol–water partition coefficient (Wildman–Crippen LogP) is 2.78. The summed E-state index contributed by atoms with van der Waals surface area (Å²) in [5, 5.41) is 0.664. The lowest BCUT2D eigenvalue weighted by atomic mass is 9.86. The second-order valence-corrected chi connectivity index (χ2v) is 8.62. The van der Waals surface area contributed by atoms with Crippen LogP contribution in [0.3, 0.4) is 0 Å². The van der Waals surface area contributed by atoms with Gasteiger partial charge in [-0.1, -0.05) is 36.4 Å². The number of hydrogen-bond donors (Lipinski definition) is 0. The van der Waals surface area contributed by atoms with Gasteiger partial charge in [-0.25, -0.2) is 17.2 Å². The fourth-order valence-corrected chi connectivity index (χ4v) is 5.44. The summed E-state index contributed by atoms with van der Waals surface area (Å²) in [5.74, 6) is -2.26. The van der Waals surface area contributed by atoms with E-state index in [-0.39, 0.29) is 16.9 Å². The summed E-state index contributed by atoms with van der Waals surface area (Å²) in [6.45, 7) is 0. The van der Waals surface area contributed by atoms with Crippen molar-refractivity contribution in [2.24, 2.45) is 5.92 Å². The molecule has 0 spiro atoms. The Kier molecular flexibility index (Phi) is 4.95. The first-order chi connectivity index (χ1) is 14.4. The van der Waals surface area contributed by atoms with Crippen molar-refractivity contribution in [3.63, 3.8) is 0 Å². The molecule has 154 valence electrons. The zero-order chi connectivity index (χ0) is 21.5. The molecule has 1 atom stereocenters. The Balaban J connectivity index is 2.05. The van der Waals surface area contributed by atoms with Gasteiger partial charge in [-0.05, 0) is 24.3 Å². The molecule has 0 fully saturated rings. The Bertz CT molecular complexity index is 1290. The molecule has 1 aliphatic rings. The van der Waals surface area contributed by atoms with Gasteiger partial charge in [-0.3, -0.25) is 4.79 Å². The number of benzene rings is 2. The van der Waals surface area contributed by atoms with Crippen molar-refractivity contribution in [2.45, 2.75) is 11.3 Å². The van der Waals surface area contributed by atoms with Gasteiger partial charge in [-0.15, -0.1) is 0 Å². The van der Waals surface area contributed by atoms with Gasteiger partial charge < -0.3 is 9.47 Å². The number of para-hydroxylation sites is 1. The Morgan fingerprint density at radius 3 is 2.30 bits per heavy atom. The number of ether oxygens (including phenoxy) is 2. The number of carbonyl (C=O) groups excluding carboxylic acids is 2. The first-order valence-corrected chi connectivity index (χ1v) is 10.6. The quantitative estimate of drug-likeness (QED) is 0.597. The van der Waals surface area contributed by atoms with Gasteiger partial charge in [0.2, 0.25) is 0 Å². The maximum Gasteiger partial charge on any atom is 0.334 e. The minimum Gasteiger partial charge on any atom is -0.469 e. The summed E-state index contributed by atoms with van der Waals surface area (Å²) in [6, 6.07) is 15.1. The number of rotatable bonds is 4. The molecule has 0 radical (unpaired) electrons. The van der Waals surface area contributed by atoms with Crippen LogP contribution < -0.4 is 0 Å². The molecule has 1 aliphatic carbocycles. The van der Waals surface area contributed by atoms with E-state index in [4.69, 9.17) is 9.47 Å². The molecule has 7 nitrogen and oxygen atoms in total. The molecule has 1 heterocycles. The molecule has 0 N–H and O–H groups in total. The molecular formula is C22H19NO6S. The van der Waals surface area contributed by atoms with Crippen molar-refractivity contribution in [2.75, 3.05) is 14.2 Å². The third-order valence-electron chi connectivity index (χ3n) is 5.23. The Morgan fingerprint density at radius 2 is 1.63 bits per heavy atom. The highest BCUT2D eigenvalue weighted by atomic mass is 32.2. The van der Waals surface area contributed by atoms with Gasteiger partial charge in [0.15, 0.2) is 0 Å². The largest absolute Gasteiger partial charge is 0.469 e. The summed E-state index contributed by atoms with van der Waals surface area (Å²) in [7, 11) is -1.49. The topological polar surface area (TPSA) is 91.7 Å². The standard InChI is InChI=1S/C22H19NO6S/c1-28-21(24)17-12-16-15-10-6-7-11-19(15)23(20(16)13-18(17)22(25)29-2)30(26,27)14-8-4-3-5-9-14/h3-12,18H,13H2,1-2H3. The van der Waals surface area contributed by atoms with Crippen molar-refractivity contribution < 1.29 is 27.5 Å². The molecule has 1 aromatic heterocycles. The minimum absolute atomic E-state index is 0.0102. The average Bonchev–Trinajstić information content (AvgIpc) is 3.11. The SMILES string of the molecule is COC(=O)C1=Cc2c(n(S(=O)(=O)c3ccccc3)c3ccccc23)CC1C(=O)OC. The van der Waals surface area contributed by atoms with Crippen molar-refractivity contribution in [3.8, 4) is 0 Å². The highest BCUT2D eigenvalue weighted by molar-refractivity contribution is 7.90. The van der Waals surface area contributed by atoms with Crippen LogP contribution in [0, 0.1) is 5.92 Å². The summed E-state index contributed by atoms with van der Waals surface area (Å²) in [6.07, 6.45) is 1.52. The molecule has 0 amide bonds. The molecular weight excluding hydrogens is 406 g/mol. The van der Waals surface area contributed by atoms with Gasteiger partial charge in [0.25, 0.3) is 10.0 Å². The lowest BCUT2D eigenvalue weighted by Gasteiger charge is -2.22. The Morgan fingerprint density at radius 1 is 0.967 bits per heavy atom. The number of fused-ring (bicyclic) bond motifs is 3. The Labute approximate surface area is 173 Å². The first-order valence-electron chi connectivity index (χ1n) is 9.20. The molecule has 1 unspecified atom stereocenters. The van der Waals surface area contributed by atoms with Crippen LogP contribution in [0.4, 0.5) is 0 Å². The summed E-state index contributed by atoms with van der Waals surface area (Å²) < 4.78 is 38.0. The first kappa shape index (κ1) is 19.9. The molecule has 2 aromatic carbocycles. The normalized spacial score (nSPS) is 15.9. The number of esters is 2. The van der Waals surface area contributed by atoms with E-state index in [1.807, 2.05) is 0 Å². The molecule has 0 saturated heterocycles. The Hall–Kier alpha value is -3.39. The van der Waals surface area contributed by atoms with Gasteiger partial charge in [0.1, 0.15) is 0 Å². The third kappa shape index (κ3) is 3.00. The molecule has 3 aromatic rings. The number of hydrogen-bond acceptors (Lipinski definition) is 6. The van der Waals surface area contributed by atoms with Crippen LogP contribution >= 0.6 is 0 Å². The fraction of sp³-hybridized carbons (Fsp3) is 0.182. The summed E-state index contributed by atoms with van der Waals surface area (Å²) >= 11 is 0. The molecule has 4 rings (SSSR count). The maximum absolute atomic E-state index is 13.5. The third-order valence-corrected chi connectivity index (χ3v) is 7.00. The second kappa shape index (κ2) is 7.46. The highest BCUT2D eigenvalue weighted by Crippen LogP contribution is 2.38. The van der Waals surface area contributed by atoms with E-state index in [1.54, 1.807) is 42.5 Å². The van der Waals surface area contributed by atoms with Gasteiger partial charge in [-0.2, -0.15) is 0 Å². The number of aromatic nitrogens is 1. The van der Waals surface area contributed by atoms with Crippen LogP contribution in [0.5, 0.6) is 0 Å². The molecule has 30 heavy (non-hydrogen) atoms. The number of nitrogens with zero attached hydrogens (tertiary/aromatic N) is 1. The van der Waals surface area contributed by atoms with E-state index in [2.05, 4.69) is 0 Å². The molecule has 0 saturated carbocycles. The molecule has 0 aliphatic heterocycles. The minimum atomic E-state index is -3.94. The highest BCUT2D eigenvalue weighted by Gasteiger charge is 2.38. The van der Waals surface area contributed by atoms with E-state index in [1.165, 1.54) is 36.4 Å². The van der Waals surface area contributed by atoms with Crippen molar-refractivity contribution in [1.29, 1.82) is 0 Å².